The number of nitrogens with one attached hydrogen (secondary N) is 1. The average molecular weight is 305 g/mol. The summed E-state index contributed by atoms with van der Waals surface area (Å²) in [6.07, 6.45) is 6.73. The van der Waals surface area contributed by atoms with Crippen molar-refractivity contribution in [2.24, 2.45) is 0 Å². The predicted molar refractivity (Wildman–Crippen MR) is 82.2 cm³/mol. The Balaban J connectivity index is 1.85. The largest absolute Gasteiger partial charge is 0.393 e. The number of halogens is 1. The van der Waals surface area contributed by atoms with Gasteiger partial charge in [-0.2, -0.15) is 0 Å². The van der Waals surface area contributed by atoms with E-state index in [1.807, 2.05) is 18.2 Å². The highest BCUT2D eigenvalue weighted by atomic mass is 35.5. The molecular formula is C15H17ClN4O. The zero-order chi connectivity index (χ0) is 14.7. The molecule has 2 aromatic heterocycles. The molecule has 2 N–H and O–H groups in total. The lowest BCUT2D eigenvalue weighted by molar-refractivity contribution is 0.126. The molecule has 0 unspecified atom stereocenters. The second-order valence-corrected chi connectivity index (χ2v) is 5.60. The van der Waals surface area contributed by atoms with E-state index in [9.17, 15) is 5.11 Å². The molecule has 0 amide bonds. The first-order chi connectivity index (χ1) is 10.2. The van der Waals surface area contributed by atoms with Gasteiger partial charge in [0, 0.05) is 18.4 Å². The normalized spacial score (nSPS) is 22.0. The number of hydrogen-bond acceptors (Lipinski definition) is 5. The number of nitrogens with zero attached hydrogens (tertiary/aromatic N) is 3. The minimum absolute atomic E-state index is 0.174. The number of aliphatic hydroxyl groups excluding tert-OH is 1. The van der Waals surface area contributed by atoms with Gasteiger partial charge in [0.15, 0.2) is 0 Å². The summed E-state index contributed by atoms with van der Waals surface area (Å²) in [5, 5.41) is 13.2. The lowest BCUT2D eigenvalue weighted by Crippen LogP contribution is -2.28. The molecule has 0 radical (unpaired) electrons. The first kappa shape index (κ1) is 14.2. The molecule has 0 atom stereocenters. The lowest BCUT2D eigenvalue weighted by Gasteiger charge is -2.27. The van der Waals surface area contributed by atoms with E-state index in [0.29, 0.717) is 11.9 Å². The van der Waals surface area contributed by atoms with Gasteiger partial charge < -0.3 is 10.4 Å². The van der Waals surface area contributed by atoms with E-state index in [1.165, 1.54) is 0 Å². The van der Waals surface area contributed by atoms with Crippen LogP contribution in [-0.2, 0) is 0 Å². The van der Waals surface area contributed by atoms with Crippen LogP contribution in [0.2, 0.25) is 5.28 Å². The third-order valence-electron chi connectivity index (χ3n) is 3.74. The molecule has 0 spiro atoms. The van der Waals surface area contributed by atoms with Crippen LogP contribution in [0.4, 0.5) is 5.82 Å². The molecule has 0 aromatic carbocycles. The quantitative estimate of drug-likeness (QED) is 0.853. The summed E-state index contributed by atoms with van der Waals surface area (Å²) in [6, 6.07) is 6.01. The SMILES string of the molecule is O[C@H]1CC[C@H](Nc2nc(Cl)ncc2-c2ccccn2)CC1. The van der Waals surface area contributed by atoms with Crippen molar-refractivity contribution in [1.29, 1.82) is 0 Å². The zero-order valence-electron chi connectivity index (χ0n) is 11.5. The second kappa shape index (κ2) is 6.37. The molecule has 21 heavy (non-hydrogen) atoms. The van der Waals surface area contributed by atoms with Gasteiger partial charge in [-0.15, -0.1) is 0 Å². The zero-order valence-corrected chi connectivity index (χ0v) is 12.3. The number of hydrogen-bond donors (Lipinski definition) is 2. The van der Waals surface area contributed by atoms with Crippen LogP contribution in [0.25, 0.3) is 11.3 Å². The van der Waals surface area contributed by atoms with E-state index in [4.69, 9.17) is 11.6 Å². The van der Waals surface area contributed by atoms with Crippen molar-refractivity contribution < 1.29 is 5.11 Å². The van der Waals surface area contributed by atoms with Crippen molar-refractivity contribution in [3.63, 3.8) is 0 Å². The van der Waals surface area contributed by atoms with Gasteiger partial charge in [0.1, 0.15) is 5.82 Å². The molecule has 3 rings (SSSR count). The van der Waals surface area contributed by atoms with Crippen LogP contribution in [0, 0.1) is 0 Å². The molecule has 0 bridgehead atoms. The monoisotopic (exact) mass is 304 g/mol. The molecule has 2 heterocycles. The van der Waals surface area contributed by atoms with E-state index in [-0.39, 0.29) is 11.4 Å². The van der Waals surface area contributed by atoms with Gasteiger partial charge in [-0.1, -0.05) is 6.07 Å². The van der Waals surface area contributed by atoms with Gasteiger partial charge >= 0.3 is 0 Å². The van der Waals surface area contributed by atoms with E-state index in [0.717, 1.165) is 36.9 Å². The Morgan fingerprint density at radius 3 is 2.67 bits per heavy atom. The van der Waals surface area contributed by atoms with Gasteiger partial charge in [-0.3, -0.25) is 4.98 Å². The first-order valence-corrected chi connectivity index (χ1v) is 7.48. The first-order valence-electron chi connectivity index (χ1n) is 7.11. The predicted octanol–water partition coefficient (Wildman–Crippen LogP) is 2.91. The van der Waals surface area contributed by atoms with E-state index in [1.54, 1.807) is 12.4 Å². The third-order valence-corrected chi connectivity index (χ3v) is 3.92. The molecule has 1 saturated carbocycles. The Morgan fingerprint density at radius 1 is 1.14 bits per heavy atom. The molecule has 1 aliphatic rings. The molecule has 6 heteroatoms. The highest BCUT2D eigenvalue weighted by Crippen LogP contribution is 2.28. The van der Waals surface area contributed by atoms with Gasteiger partial charge in [0.2, 0.25) is 5.28 Å². The molecule has 1 aliphatic carbocycles. The van der Waals surface area contributed by atoms with Crippen LogP contribution in [0.3, 0.4) is 0 Å². The van der Waals surface area contributed by atoms with Crippen molar-refractivity contribution in [3.05, 3.63) is 35.9 Å². The maximum atomic E-state index is 9.59. The smallest absolute Gasteiger partial charge is 0.224 e. The van der Waals surface area contributed by atoms with Gasteiger partial charge in [0.05, 0.1) is 17.4 Å². The van der Waals surface area contributed by atoms with Crippen LogP contribution in [0.1, 0.15) is 25.7 Å². The topological polar surface area (TPSA) is 70.9 Å². The Bertz CT molecular complexity index is 600. The Labute approximate surface area is 128 Å². The van der Waals surface area contributed by atoms with Crippen LogP contribution in [0.5, 0.6) is 0 Å². The van der Waals surface area contributed by atoms with Gasteiger partial charge in [0.25, 0.3) is 0 Å². The summed E-state index contributed by atoms with van der Waals surface area (Å²) < 4.78 is 0. The fraction of sp³-hybridized carbons (Fsp3) is 0.400. The number of pyridine rings is 1. The van der Waals surface area contributed by atoms with Crippen molar-refractivity contribution >= 4 is 17.4 Å². The Hall–Kier alpha value is -1.72. The van der Waals surface area contributed by atoms with Crippen LogP contribution in [0.15, 0.2) is 30.6 Å². The minimum Gasteiger partial charge on any atom is -0.393 e. The van der Waals surface area contributed by atoms with Gasteiger partial charge in [-0.05, 0) is 49.4 Å². The van der Waals surface area contributed by atoms with Gasteiger partial charge in [-0.25, -0.2) is 9.97 Å². The van der Waals surface area contributed by atoms with Crippen molar-refractivity contribution in [2.45, 2.75) is 37.8 Å². The standard InChI is InChI=1S/C15H17ClN4O/c16-15-18-9-12(13-3-1-2-8-17-13)14(20-15)19-10-4-6-11(21)7-5-10/h1-3,8-11,21H,4-7H2,(H,18,19,20)/t10-,11-. The maximum absolute atomic E-state index is 9.59. The summed E-state index contributed by atoms with van der Waals surface area (Å²) in [4.78, 5) is 12.7. The number of aromatic nitrogens is 3. The molecule has 110 valence electrons. The van der Waals surface area contributed by atoms with Crippen molar-refractivity contribution in [1.82, 2.24) is 15.0 Å². The Morgan fingerprint density at radius 2 is 1.95 bits per heavy atom. The van der Waals surface area contributed by atoms with Crippen LogP contribution < -0.4 is 5.32 Å². The van der Waals surface area contributed by atoms with E-state index >= 15 is 0 Å². The van der Waals surface area contributed by atoms with E-state index in [2.05, 4.69) is 20.3 Å². The summed E-state index contributed by atoms with van der Waals surface area (Å²) in [7, 11) is 0. The summed E-state index contributed by atoms with van der Waals surface area (Å²) in [5.74, 6) is 0.704. The molecule has 1 fully saturated rings. The summed E-state index contributed by atoms with van der Waals surface area (Å²) in [6.45, 7) is 0. The molecular weight excluding hydrogens is 288 g/mol. The minimum atomic E-state index is -0.174. The molecule has 0 aliphatic heterocycles. The lowest BCUT2D eigenvalue weighted by atomic mass is 9.93. The molecule has 5 nitrogen and oxygen atoms in total. The fourth-order valence-corrected chi connectivity index (χ4v) is 2.73. The van der Waals surface area contributed by atoms with Crippen molar-refractivity contribution in [2.75, 3.05) is 5.32 Å². The summed E-state index contributed by atoms with van der Waals surface area (Å²) in [5.41, 5.74) is 1.65. The number of anilines is 1. The molecule has 0 saturated heterocycles. The number of aliphatic hydroxyl groups is 1. The average Bonchev–Trinajstić information content (AvgIpc) is 2.51. The molecule has 2 aromatic rings. The van der Waals surface area contributed by atoms with Crippen LogP contribution in [-0.4, -0.2) is 32.2 Å². The van der Waals surface area contributed by atoms with Crippen LogP contribution >= 0.6 is 11.6 Å². The third kappa shape index (κ3) is 3.49. The Kier molecular flexibility index (Phi) is 4.31. The summed E-state index contributed by atoms with van der Waals surface area (Å²) >= 11 is 5.92. The van der Waals surface area contributed by atoms with E-state index < -0.39 is 0 Å². The second-order valence-electron chi connectivity index (χ2n) is 5.27. The number of rotatable bonds is 3. The van der Waals surface area contributed by atoms with Crippen molar-refractivity contribution in [3.8, 4) is 11.3 Å². The fourth-order valence-electron chi connectivity index (χ4n) is 2.59. The maximum Gasteiger partial charge on any atom is 0.224 e. The highest BCUT2D eigenvalue weighted by molar-refractivity contribution is 6.28. The highest BCUT2D eigenvalue weighted by Gasteiger charge is 2.21.